The van der Waals surface area contributed by atoms with Gasteiger partial charge in [0.15, 0.2) is 0 Å². The topological polar surface area (TPSA) is 48.0 Å². The van der Waals surface area contributed by atoms with E-state index in [1.807, 2.05) is 30.3 Å². The Morgan fingerprint density at radius 1 is 1.32 bits per heavy atom. The van der Waals surface area contributed by atoms with Gasteiger partial charge in [0.2, 0.25) is 0 Å². The summed E-state index contributed by atoms with van der Waals surface area (Å²) in [5.74, 6) is 0. The first kappa shape index (κ1) is 19.7. The third kappa shape index (κ3) is 5.41. The molecule has 1 aliphatic heterocycles. The second-order valence-corrected chi connectivity index (χ2v) is 7.39. The van der Waals surface area contributed by atoms with Crippen molar-refractivity contribution in [3.05, 3.63) is 35.9 Å². The molecule has 1 amide bonds. The number of carbonyl (C=O) groups excluding carboxylic acids is 1. The number of likely N-dealkylation sites (tertiary alicyclic amines) is 1. The molecular weight excluding hydrogens is 325 g/mol. The first-order valence-corrected chi connectivity index (χ1v) is 8.54. The Morgan fingerprint density at radius 2 is 2.00 bits per heavy atom. The molecule has 0 aromatic heterocycles. The summed E-state index contributed by atoms with van der Waals surface area (Å²) in [6, 6.07) is 9.71. The average Bonchev–Trinajstić information content (AvgIpc) is 2.56. The summed E-state index contributed by atoms with van der Waals surface area (Å²) in [7, 11) is 1.49. The molecule has 0 radical (unpaired) electrons. The molecule has 1 saturated heterocycles. The molecule has 0 saturated carbocycles. The molecule has 2 rings (SSSR count). The summed E-state index contributed by atoms with van der Waals surface area (Å²) in [5.41, 5.74) is -0.611. The van der Waals surface area contributed by atoms with Crippen LogP contribution in [0, 0.1) is 0 Å². The number of rotatable bonds is 5. The van der Waals surface area contributed by atoms with E-state index in [4.69, 9.17) is 14.2 Å². The van der Waals surface area contributed by atoms with Crippen LogP contribution in [0.15, 0.2) is 30.3 Å². The summed E-state index contributed by atoms with van der Waals surface area (Å²) >= 11 is 0. The van der Waals surface area contributed by atoms with E-state index in [1.165, 1.54) is 12.0 Å². The van der Waals surface area contributed by atoms with Gasteiger partial charge in [-0.3, -0.25) is 0 Å². The van der Waals surface area contributed by atoms with Gasteiger partial charge in [-0.2, -0.15) is 0 Å². The Bertz CT molecular complexity index is 560. The number of hydrogen-bond acceptors (Lipinski definition) is 4. The molecule has 1 aromatic carbocycles. The number of amides is 1. The first-order valence-electron chi connectivity index (χ1n) is 8.54. The molecule has 0 spiro atoms. The molecule has 0 unspecified atom stereocenters. The maximum atomic E-state index is 14.8. The van der Waals surface area contributed by atoms with Gasteiger partial charge in [0.05, 0.1) is 19.8 Å². The first-order chi connectivity index (χ1) is 11.8. The predicted octanol–water partition coefficient (Wildman–Crippen LogP) is 3.57. The van der Waals surface area contributed by atoms with E-state index < -0.39 is 23.5 Å². The van der Waals surface area contributed by atoms with Crippen LogP contribution >= 0.6 is 0 Å². The van der Waals surface area contributed by atoms with Crippen LogP contribution in [-0.2, 0) is 20.8 Å². The van der Waals surface area contributed by atoms with Crippen LogP contribution < -0.4 is 0 Å². The van der Waals surface area contributed by atoms with Crippen LogP contribution in [0.5, 0.6) is 0 Å². The summed E-state index contributed by atoms with van der Waals surface area (Å²) in [6.45, 7) is 6.22. The fraction of sp³-hybridized carbons (Fsp3) is 0.632. The van der Waals surface area contributed by atoms with Crippen molar-refractivity contribution < 1.29 is 23.4 Å². The highest BCUT2D eigenvalue weighted by Crippen LogP contribution is 2.30. The highest BCUT2D eigenvalue weighted by atomic mass is 19.1. The van der Waals surface area contributed by atoms with Crippen molar-refractivity contribution in [2.24, 2.45) is 0 Å². The van der Waals surface area contributed by atoms with Gasteiger partial charge in [-0.15, -0.1) is 0 Å². The molecule has 1 aromatic rings. The number of methoxy groups -OCH3 is 1. The van der Waals surface area contributed by atoms with E-state index in [1.54, 1.807) is 20.8 Å². The summed E-state index contributed by atoms with van der Waals surface area (Å²) in [4.78, 5) is 13.5. The Kier molecular flexibility index (Phi) is 6.41. The molecule has 1 aliphatic rings. The van der Waals surface area contributed by atoms with E-state index >= 15 is 0 Å². The Morgan fingerprint density at radius 3 is 2.56 bits per heavy atom. The molecular formula is C19H28FNO4. The second kappa shape index (κ2) is 8.15. The molecule has 140 valence electrons. The zero-order chi connectivity index (χ0) is 18.5. The number of alkyl halides is 1. The van der Waals surface area contributed by atoms with Crippen LogP contribution in [0.1, 0.15) is 32.8 Å². The summed E-state index contributed by atoms with van der Waals surface area (Å²) in [6.07, 6.45) is -1.47. The number of hydrogen-bond donors (Lipinski definition) is 0. The van der Waals surface area contributed by atoms with E-state index in [0.717, 1.165) is 5.56 Å². The maximum Gasteiger partial charge on any atom is 0.410 e. The van der Waals surface area contributed by atoms with E-state index in [0.29, 0.717) is 19.6 Å². The van der Waals surface area contributed by atoms with E-state index in [9.17, 15) is 9.18 Å². The van der Waals surface area contributed by atoms with Gasteiger partial charge in [0.1, 0.15) is 17.4 Å². The van der Waals surface area contributed by atoms with E-state index in [-0.39, 0.29) is 13.2 Å². The molecule has 5 nitrogen and oxygen atoms in total. The smallest absolute Gasteiger partial charge is 0.410 e. The third-order valence-electron chi connectivity index (χ3n) is 4.27. The van der Waals surface area contributed by atoms with Gasteiger partial charge in [-0.25, -0.2) is 9.18 Å². The van der Waals surface area contributed by atoms with Crippen molar-refractivity contribution >= 4 is 6.09 Å². The van der Waals surface area contributed by atoms with Gasteiger partial charge in [-0.05, 0) is 32.8 Å². The molecule has 2 atom stereocenters. The molecule has 1 fully saturated rings. The minimum Gasteiger partial charge on any atom is -0.444 e. The van der Waals surface area contributed by atoms with Gasteiger partial charge in [-0.1, -0.05) is 30.3 Å². The van der Waals surface area contributed by atoms with Gasteiger partial charge < -0.3 is 19.1 Å². The molecule has 25 heavy (non-hydrogen) atoms. The SMILES string of the molecule is CO[C@]1(COCc2ccccc2)CCN(C(=O)OC(C)(C)C)C[C@H]1F. The maximum absolute atomic E-state index is 14.8. The molecule has 0 N–H and O–H groups in total. The molecule has 0 aliphatic carbocycles. The van der Waals surface area contributed by atoms with Crippen LogP contribution in [0.2, 0.25) is 0 Å². The lowest BCUT2D eigenvalue weighted by atomic mass is 9.90. The Hall–Kier alpha value is -1.66. The number of nitrogens with zero attached hydrogens (tertiary/aromatic N) is 1. The molecule has 1 heterocycles. The zero-order valence-electron chi connectivity index (χ0n) is 15.5. The lowest BCUT2D eigenvalue weighted by Gasteiger charge is -2.43. The lowest BCUT2D eigenvalue weighted by Crippen LogP contribution is -2.58. The number of piperidine rings is 1. The molecule has 6 heteroatoms. The van der Waals surface area contributed by atoms with E-state index in [2.05, 4.69) is 0 Å². The highest BCUT2D eigenvalue weighted by Gasteiger charge is 2.46. The fourth-order valence-electron chi connectivity index (χ4n) is 2.79. The standard InChI is InChI=1S/C19H28FNO4/c1-18(2,3)25-17(22)21-11-10-19(23-4,16(20)12-21)14-24-13-15-8-6-5-7-9-15/h5-9,16H,10-14H2,1-4H3/t16-,19+/m1/s1. The van der Waals surface area contributed by atoms with Gasteiger partial charge in [0.25, 0.3) is 0 Å². The van der Waals surface area contributed by atoms with Crippen molar-refractivity contribution in [2.45, 2.75) is 51.2 Å². The lowest BCUT2D eigenvalue weighted by molar-refractivity contribution is -0.149. The van der Waals surface area contributed by atoms with Crippen LogP contribution in [0.25, 0.3) is 0 Å². The van der Waals surface area contributed by atoms with Crippen LogP contribution in [0.4, 0.5) is 9.18 Å². The Labute approximate surface area is 149 Å². The van der Waals surface area contributed by atoms with Crippen LogP contribution in [0.3, 0.4) is 0 Å². The quantitative estimate of drug-likeness (QED) is 0.812. The number of ether oxygens (including phenoxy) is 3. The number of carbonyl (C=O) groups is 1. The monoisotopic (exact) mass is 353 g/mol. The average molecular weight is 353 g/mol. The normalized spacial score (nSPS) is 24.2. The number of halogens is 1. The van der Waals surface area contributed by atoms with Gasteiger partial charge in [0, 0.05) is 13.7 Å². The van der Waals surface area contributed by atoms with Crippen molar-refractivity contribution in [1.29, 1.82) is 0 Å². The fourth-order valence-corrected chi connectivity index (χ4v) is 2.79. The number of benzene rings is 1. The minimum absolute atomic E-state index is 0.0581. The predicted molar refractivity (Wildman–Crippen MR) is 93.2 cm³/mol. The molecule has 0 bridgehead atoms. The van der Waals surface area contributed by atoms with Crippen molar-refractivity contribution in [3.63, 3.8) is 0 Å². The van der Waals surface area contributed by atoms with Gasteiger partial charge >= 0.3 is 6.09 Å². The largest absolute Gasteiger partial charge is 0.444 e. The third-order valence-corrected chi connectivity index (χ3v) is 4.27. The zero-order valence-corrected chi connectivity index (χ0v) is 15.5. The minimum atomic E-state index is -1.34. The van der Waals surface area contributed by atoms with Crippen molar-refractivity contribution in [2.75, 3.05) is 26.8 Å². The van der Waals surface area contributed by atoms with Crippen LogP contribution in [-0.4, -0.2) is 55.2 Å². The Balaban J connectivity index is 1.90. The summed E-state index contributed by atoms with van der Waals surface area (Å²) < 4.78 is 31.3. The summed E-state index contributed by atoms with van der Waals surface area (Å²) in [5, 5.41) is 0. The van der Waals surface area contributed by atoms with Crippen molar-refractivity contribution in [3.8, 4) is 0 Å². The highest BCUT2D eigenvalue weighted by molar-refractivity contribution is 5.68. The van der Waals surface area contributed by atoms with Crippen molar-refractivity contribution in [1.82, 2.24) is 4.90 Å². The second-order valence-electron chi connectivity index (χ2n) is 7.39.